The molecule has 2 N–H and O–H groups in total. The van der Waals surface area contributed by atoms with Crippen LogP contribution in [0.25, 0.3) is 0 Å². The maximum absolute atomic E-state index is 13.7. The fourth-order valence-electron chi connectivity index (χ4n) is 1.58. The van der Waals surface area contributed by atoms with E-state index in [0.717, 1.165) is 0 Å². The lowest BCUT2D eigenvalue weighted by atomic mass is 10.2. The van der Waals surface area contributed by atoms with Gasteiger partial charge in [-0.15, -0.1) is 0 Å². The van der Waals surface area contributed by atoms with Crippen LogP contribution in [0.2, 0.25) is 0 Å². The predicted molar refractivity (Wildman–Crippen MR) is 66.2 cm³/mol. The molecule has 2 aromatic rings. The largest absolute Gasteiger partial charge is 0.263 e. The Labute approximate surface area is 118 Å². The summed E-state index contributed by atoms with van der Waals surface area (Å²) in [6.07, 6.45) is 0. The third-order valence-electron chi connectivity index (χ3n) is 2.46. The van der Waals surface area contributed by atoms with Gasteiger partial charge in [-0.1, -0.05) is 0 Å². The average Bonchev–Trinajstić information content (AvgIpc) is 2.81. The van der Waals surface area contributed by atoms with Gasteiger partial charge >= 0.3 is 0 Å². The Kier molecular flexibility index (Phi) is 3.97. The Bertz CT molecular complexity index is 802. The molecule has 7 nitrogen and oxygen atoms in total. The molecule has 10 heteroatoms. The molecule has 0 atom stereocenters. The molecule has 0 amide bonds. The molecule has 1 aromatic heterocycles. The Morgan fingerprint density at radius 1 is 1.38 bits per heavy atom. The molecule has 2 rings (SSSR count). The monoisotopic (exact) mass is 313 g/mol. The van der Waals surface area contributed by atoms with Crippen LogP contribution in [-0.2, 0) is 16.6 Å². The van der Waals surface area contributed by atoms with Gasteiger partial charge in [-0.2, -0.15) is 10.4 Å². The van der Waals surface area contributed by atoms with Gasteiger partial charge in [-0.05, 0) is 19.1 Å². The molecule has 0 aliphatic heterocycles. The molecular formula is C11H9F2N5O2S. The van der Waals surface area contributed by atoms with Crippen LogP contribution in [-0.4, -0.2) is 23.6 Å². The smallest absolute Gasteiger partial charge is 0.246 e. The van der Waals surface area contributed by atoms with Crippen molar-refractivity contribution in [1.29, 1.82) is 5.26 Å². The van der Waals surface area contributed by atoms with E-state index in [4.69, 9.17) is 5.26 Å². The van der Waals surface area contributed by atoms with E-state index in [9.17, 15) is 17.2 Å². The number of nitriles is 1. The summed E-state index contributed by atoms with van der Waals surface area (Å²) in [5, 5.41) is 14.8. The minimum atomic E-state index is -4.44. The normalized spacial score (nSPS) is 11.3. The first-order valence-electron chi connectivity index (χ1n) is 5.60. The molecule has 110 valence electrons. The minimum Gasteiger partial charge on any atom is -0.263 e. The van der Waals surface area contributed by atoms with Crippen molar-refractivity contribution in [2.45, 2.75) is 18.4 Å². The zero-order chi connectivity index (χ0) is 15.6. The molecule has 0 radical (unpaired) electrons. The van der Waals surface area contributed by atoms with Crippen LogP contribution in [0.4, 0.5) is 8.78 Å². The van der Waals surface area contributed by atoms with E-state index in [1.807, 2.05) is 4.72 Å². The number of aromatic nitrogens is 3. The quantitative estimate of drug-likeness (QED) is 0.864. The van der Waals surface area contributed by atoms with Crippen molar-refractivity contribution in [2.75, 3.05) is 0 Å². The average molecular weight is 313 g/mol. The zero-order valence-corrected chi connectivity index (χ0v) is 11.5. The molecule has 0 aliphatic carbocycles. The van der Waals surface area contributed by atoms with E-state index in [1.165, 1.54) is 6.07 Å². The first-order valence-corrected chi connectivity index (χ1v) is 7.08. The standard InChI is InChI=1S/C11H9F2N5O2S/c1-6-16-10(18-17-6)5-15-21(19,20)11-8(12)2-7(4-14)3-9(11)13/h2-3,15H,5H2,1H3,(H,16,17,18). The van der Waals surface area contributed by atoms with Crippen molar-refractivity contribution in [3.63, 3.8) is 0 Å². The highest BCUT2D eigenvalue weighted by molar-refractivity contribution is 7.89. The van der Waals surface area contributed by atoms with Crippen LogP contribution < -0.4 is 4.72 Å². The number of rotatable bonds is 4. The topological polar surface area (TPSA) is 112 Å². The van der Waals surface area contributed by atoms with Crippen molar-refractivity contribution in [2.24, 2.45) is 0 Å². The maximum atomic E-state index is 13.7. The van der Waals surface area contributed by atoms with Gasteiger partial charge in [0.1, 0.15) is 17.5 Å². The second kappa shape index (κ2) is 5.55. The lowest BCUT2D eigenvalue weighted by Crippen LogP contribution is -2.26. The van der Waals surface area contributed by atoms with Crippen molar-refractivity contribution < 1.29 is 17.2 Å². The highest BCUT2D eigenvalue weighted by Gasteiger charge is 2.25. The van der Waals surface area contributed by atoms with Crippen LogP contribution in [0.3, 0.4) is 0 Å². The highest BCUT2D eigenvalue weighted by atomic mass is 32.2. The fraction of sp³-hybridized carbons (Fsp3) is 0.182. The van der Waals surface area contributed by atoms with Gasteiger partial charge < -0.3 is 0 Å². The SMILES string of the molecule is Cc1nc(CNS(=O)(=O)c2c(F)cc(C#N)cc2F)n[nH]1. The van der Waals surface area contributed by atoms with Crippen molar-refractivity contribution in [3.05, 3.63) is 41.0 Å². The lowest BCUT2D eigenvalue weighted by Gasteiger charge is -2.07. The number of H-pyrrole nitrogens is 1. The van der Waals surface area contributed by atoms with Crippen LogP contribution in [0.15, 0.2) is 17.0 Å². The van der Waals surface area contributed by atoms with E-state index >= 15 is 0 Å². The third kappa shape index (κ3) is 3.21. The summed E-state index contributed by atoms with van der Waals surface area (Å²) in [5.41, 5.74) is -0.312. The Hall–Kier alpha value is -2.38. The lowest BCUT2D eigenvalue weighted by molar-refractivity contribution is 0.512. The predicted octanol–water partition coefficient (Wildman–Crippen LogP) is 0.742. The fourth-order valence-corrected chi connectivity index (χ4v) is 2.68. The molecule has 0 saturated carbocycles. The molecule has 0 unspecified atom stereocenters. The second-order valence-corrected chi connectivity index (χ2v) is 5.75. The van der Waals surface area contributed by atoms with E-state index in [2.05, 4.69) is 15.2 Å². The van der Waals surface area contributed by atoms with Crippen LogP contribution in [0, 0.1) is 29.9 Å². The Morgan fingerprint density at radius 3 is 2.48 bits per heavy atom. The number of aryl methyl sites for hydroxylation is 1. The van der Waals surface area contributed by atoms with Crippen LogP contribution in [0.1, 0.15) is 17.2 Å². The minimum absolute atomic E-state index is 0.130. The maximum Gasteiger partial charge on any atom is 0.246 e. The molecule has 0 saturated heterocycles. The van der Waals surface area contributed by atoms with Gasteiger partial charge in [0.2, 0.25) is 10.0 Å². The van der Waals surface area contributed by atoms with Gasteiger partial charge in [0.25, 0.3) is 0 Å². The summed E-state index contributed by atoms with van der Waals surface area (Å²) in [6.45, 7) is 1.29. The summed E-state index contributed by atoms with van der Waals surface area (Å²) in [7, 11) is -4.44. The highest BCUT2D eigenvalue weighted by Crippen LogP contribution is 2.20. The van der Waals surface area contributed by atoms with Crippen molar-refractivity contribution in [1.82, 2.24) is 19.9 Å². The summed E-state index contributed by atoms with van der Waals surface area (Å²) < 4.78 is 53.2. The first kappa shape index (κ1) is 15.0. The summed E-state index contributed by atoms with van der Waals surface area (Å²) in [6, 6.07) is 2.82. The van der Waals surface area contributed by atoms with Gasteiger partial charge in [-0.25, -0.2) is 26.9 Å². The van der Waals surface area contributed by atoms with Crippen molar-refractivity contribution in [3.8, 4) is 6.07 Å². The number of aromatic amines is 1. The summed E-state index contributed by atoms with van der Waals surface area (Å²) >= 11 is 0. The van der Waals surface area contributed by atoms with E-state index in [-0.39, 0.29) is 17.9 Å². The van der Waals surface area contributed by atoms with Crippen LogP contribution in [0.5, 0.6) is 0 Å². The van der Waals surface area contributed by atoms with E-state index in [1.54, 1.807) is 6.92 Å². The van der Waals surface area contributed by atoms with E-state index < -0.39 is 26.6 Å². The molecule has 0 fully saturated rings. The third-order valence-corrected chi connectivity index (χ3v) is 3.91. The number of hydrogen-bond donors (Lipinski definition) is 2. The number of sulfonamides is 1. The van der Waals surface area contributed by atoms with Crippen LogP contribution >= 0.6 is 0 Å². The molecular weight excluding hydrogens is 304 g/mol. The number of nitrogens with one attached hydrogen (secondary N) is 2. The number of hydrogen-bond acceptors (Lipinski definition) is 5. The number of nitrogens with zero attached hydrogens (tertiary/aromatic N) is 3. The van der Waals surface area contributed by atoms with Crippen molar-refractivity contribution >= 4 is 10.0 Å². The molecule has 1 heterocycles. The summed E-state index contributed by atoms with van der Waals surface area (Å²) in [4.78, 5) is 2.71. The Balaban J connectivity index is 2.30. The van der Waals surface area contributed by atoms with E-state index in [0.29, 0.717) is 18.0 Å². The molecule has 1 aromatic carbocycles. The summed E-state index contributed by atoms with van der Waals surface area (Å²) in [5.74, 6) is -2.08. The second-order valence-electron chi connectivity index (χ2n) is 4.04. The molecule has 0 spiro atoms. The van der Waals surface area contributed by atoms with Gasteiger partial charge in [-0.3, -0.25) is 5.10 Å². The molecule has 21 heavy (non-hydrogen) atoms. The molecule has 0 bridgehead atoms. The Morgan fingerprint density at radius 2 is 2.00 bits per heavy atom. The number of benzene rings is 1. The van der Waals surface area contributed by atoms with Gasteiger partial charge in [0, 0.05) is 0 Å². The number of halogens is 2. The van der Waals surface area contributed by atoms with Gasteiger partial charge in [0.05, 0.1) is 18.2 Å². The van der Waals surface area contributed by atoms with Gasteiger partial charge in [0.15, 0.2) is 10.7 Å². The first-order chi connectivity index (χ1) is 9.83. The zero-order valence-electron chi connectivity index (χ0n) is 10.7. The molecule has 0 aliphatic rings.